The summed E-state index contributed by atoms with van der Waals surface area (Å²) in [6.45, 7) is 10.7. The highest BCUT2D eigenvalue weighted by Gasteiger charge is 2.36. The molecule has 1 atom stereocenters. The Morgan fingerprint density at radius 3 is 2.49 bits per heavy atom. The number of benzene rings is 1. The summed E-state index contributed by atoms with van der Waals surface area (Å²) in [5, 5.41) is 20.5. The predicted molar refractivity (Wildman–Crippen MR) is 144 cm³/mol. The average molecular weight is 505 g/mol. The molecule has 1 saturated carbocycles. The molecule has 2 fully saturated rings. The zero-order chi connectivity index (χ0) is 26.5. The van der Waals surface area contributed by atoms with E-state index in [0.717, 1.165) is 47.7 Å². The molecule has 0 unspecified atom stereocenters. The van der Waals surface area contributed by atoms with Crippen molar-refractivity contribution in [3.63, 3.8) is 0 Å². The normalized spacial score (nSPS) is 17.8. The number of aliphatic hydroxyl groups excluding tert-OH is 1. The molecular formula is C30H40N4O3. The van der Waals surface area contributed by atoms with E-state index in [2.05, 4.69) is 38.7 Å². The topological polar surface area (TPSA) is 89.7 Å². The van der Waals surface area contributed by atoms with Gasteiger partial charge in [0.15, 0.2) is 0 Å². The van der Waals surface area contributed by atoms with E-state index in [4.69, 9.17) is 9.72 Å². The first kappa shape index (κ1) is 26.9. The molecule has 1 aliphatic heterocycles. The highest BCUT2D eigenvalue weighted by molar-refractivity contribution is 5.77. The quantitative estimate of drug-likeness (QED) is 0.506. The summed E-state index contributed by atoms with van der Waals surface area (Å²) in [6, 6.07) is 12.0. The van der Waals surface area contributed by atoms with Gasteiger partial charge in [-0.3, -0.25) is 4.79 Å². The molecule has 1 aromatic heterocycles. The second kappa shape index (κ2) is 12.0. The van der Waals surface area contributed by atoms with Gasteiger partial charge in [0, 0.05) is 31.1 Å². The summed E-state index contributed by atoms with van der Waals surface area (Å²) in [7, 11) is 0. The summed E-state index contributed by atoms with van der Waals surface area (Å²) in [4.78, 5) is 22.4. The number of hydrogen-bond donors (Lipinski definition) is 1. The third-order valence-corrected chi connectivity index (χ3v) is 7.41. The lowest BCUT2D eigenvalue weighted by Crippen LogP contribution is -2.57. The molecule has 37 heavy (non-hydrogen) atoms. The summed E-state index contributed by atoms with van der Waals surface area (Å²) in [5.41, 5.74) is 3.35. The highest BCUT2D eigenvalue weighted by atomic mass is 16.5. The summed E-state index contributed by atoms with van der Waals surface area (Å²) < 4.78 is 5.77. The molecule has 1 N–H and O–H groups in total. The second-order valence-corrected chi connectivity index (χ2v) is 11.1. The van der Waals surface area contributed by atoms with Crippen LogP contribution >= 0.6 is 0 Å². The predicted octanol–water partition coefficient (Wildman–Crippen LogP) is 4.66. The smallest absolute Gasteiger partial charge is 0.226 e. The van der Waals surface area contributed by atoms with E-state index >= 15 is 0 Å². The van der Waals surface area contributed by atoms with Crippen LogP contribution in [-0.4, -0.2) is 53.2 Å². The lowest BCUT2D eigenvalue weighted by Gasteiger charge is -2.44. The van der Waals surface area contributed by atoms with Crippen molar-refractivity contribution < 1.29 is 14.6 Å². The maximum atomic E-state index is 13.2. The number of rotatable bonds is 10. The molecule has 0 spiro atoms. The maximum absolute atomic E-state index is 13.2. The molecule has 2 heterocycles. The van der Waals surface area contributed by atoms with Gasteiger partial charge in [0.25, 0.3) is 0 Å². The largest absolute Gasteiger partial charge is 0.493 e. The van der Waals surface area contributed by atoms with Crippen LogP contribution < -0.4 is 9.64 Å². The van der Waals surface area contributed by atoms with Crippen molar-refractivity contribution in [1.29, 1.82) is 5.26 Å². The van der Waals surface area contributed by atoms with E-state index in [1.54, 1.807) is 0 Å². The van der Waals surface area contributed by atoms with E-state index in [1.165, 1.54) is 0 Å². The Morgan fingerprint density at radius 1 is 1.16 bits per heavy atom. The summed E-state index contributed by atoms with van der Waals surface area (Å²) >= 11 is 0. The van der Waals surface area contributed by atoms with Crippen LogP contribution in [0.5, 0.6) is 5.75 Å². The van der Waals surface area contributed by atoms with Crippen LogP contribution in [0.4, 0.5) is 5.82 Å². The van der Waals surface area contributed by atoms with Crippen molar-refractivity contribution in [3.8, 4) is 11.8 Å². The standard InChI is InChI=1S/C30H40N4O3/c1-20(2)16-24-25(17-31)30(32-29(22-10-11-22)26(24)19-35)33-13-14-34(27(18-33)21(3)4)28(36)12-15-37-23-8-6-5-7-9-23/h5-9,20-22,27,35H,10-16,18-19H2,1-4H3/t27-/m0/s1. The Labute approximate surface area is 221 Å². The van der Waals surface area contributed by atoms with Crippen LogP contribution in [0.2, 0.25) is 0 Å². The van der Waals surface area contributed by atoms with E-state index in [9.17, 15) is 15.2 Å². The Bertz CT molecular complexity index is 1120. The molecule has 7 heteroatoms. The number of carbonyl (C=O) groups excluding carboxylic acids is 1. The molecule has 0 radical (unpaired) electrons. The molecular weight excluding hydrogens is 464 g/mol. The molecule has 4 rings (SSSR count). The minimum absolute atomic E-state index is 0.0155. The van der Waals surface area contributed by atoms with Gasteiger partial charge < -0.3 is 19.6 Å². The first-order chi connectivity index (χ1) is 17.8. The summed E-state index contributed by atoms with van der Waals surface area (Å²) in [6.07, 6.45) is 3.22. The molecule has 2 aliphatic rings. The minimum Gasteiger partial charge on any atom is -0.493 e. The molecule has 1 amide bonds. The number of nitrogens with zero attached hydrogens (tertiary/aromatic N) is 4. The van der Waals surface area contributed by atoms with Gasteiger partial charge >= 0.3 is 0 Å². The van der Waals surface area contributed by atoms with Crippen molar-refractivity contribution in [1.82, 2.24) is 9.88 Å². The van der Waals surface area contributed by atoms with Crippen molar-refractivity contribution in [3.05, 3.63) is 52.7 Å². The van der Waals surface area contributed by atoms with Crippen LogP contribution in [0.15, 0.2) is 30.3 Å². The Morgan fingerprint density at radius 2 is 1.89 bits per heavy atom. The number of para-hydroxylation sites is 1. The Balaban J connectivity index is 1.55. The molecule has 0 bridgehead atoms. The van der Waals surface area contributed by atoms with Crippen molar-refractivity contribution in [2.24, 2.45) is 11.8 Å². The number of aliphatic hydroxyl groups is 1. The molecule has 7 nitrogen and oxygen atoms in total. The van der Waals surface area contributed by atoms with Crippen LogP contribution in [0.25, 0.3) is 0 Å². The first-order valence-corrected chi connectivity index (χ1v) is 13.6. The van der Waals surface area contributed by atoms with E-state index in [1.807, 2.05) is 35.2 Å². The van der Waals surface area contributed by atoms with Gasteiger partial charge in [-0.15, -0.1) is 0 Å². The fraction of sp³-hybridized carbons (Fsp3) is 0.567. The fourth-order valence-corrected chi connectivity index (χ4v) is 5.33. The number of anilines is 1. The third kappa shape index (κ3) is 6.24. The zero-order valence-electron chi connectivity index (χ0n) is 22.6. The van der Waals surface area contributed by atoms with Gasteiger partial charge in [-0.2, -0.15) is 5.26 Å². The molecule has 1 aromatic carbocycles. The number of hydrogen-bond acceptors (Lipinski definition) is 6. The second-order valence-electron chi connectivity index (χ2n) is 11.1. The number of nitriles is 1. The molecule has 2 aromatic rings. The lowest BCUT2D eigenvalue weighted by atomic mass is 9.91. The maximum Gasteiger partial charge on any atom is 0.226 e. The van der Waals surface area contributed by atoms with Crippen LogP contribution in [0, 0.1) is 23.2 Å². The number of ether oxygens (including phenoxy) is 1. The van der Waals surface area contributed by atoms with Crippen molar-refractivity contribution in [2.75, 3.05) is 31.1 Å². The number of piperazine rings is 1. The lowest BCUT2D eigenvalue weighted by molar-refractivity contribution is -0.135. The SMILES string of the molecule is CC(C)Cc1c(C#N)c(N2CCN(C(=O)CCOc3ccccc3)[C@H](C(C)C)C2)nc(C2CC2)c1CO. The number of amides is 1. The van der Waals surface area contributed by atoms with Gasteiger partial charge in [-0.1, -0.05) is 45.9 Å². The van der Waals surface area contributed by atoms with Gasteiger partial charge in [-0.25, -0.2) is 4.98 Å². The third-order valence-electron chi connectivity index (χ3n) is 7.41. The van der Waals surface area contributed by atoms with Gasteiger partial charge in [0.1, 0.15) is 17.6 Å². The minimum atomic E-state index is -0.0855. The van der Waals surface area contributed by atoms with Gasteiger partial charge in [0.05, 0.1) is 36.9 Å². The Kier molecular flexibility index (Phi) is 8.71. The molecule has 198 valence electrons. The van der Waals surface area contributed by atoms with Crippen LogP contribution in [0.1, 0.15) is 75.3 Å². The monoisotopic (exact) mass is 504 g/mol. The number of aromatic nitrogens is 1. The number of carbonyl (C=O) groups is 1. The fourth-order valence-electron chi connectivity index (χ4n) is 5.33. The molecule has 1 aliphatic carbocycles. The average Bonchev–Trinajstić information content (AvgIpc) is 3.73. The van der Waals surface area contributed by atoms with Crippen molar-refractivity contribution >= 4 is 11.7 Å². The zero-order valence-corrected chi connectivity index (χ0v) is 22.6. The van der Waals surface area contributed by atoms with Crippen LogP contribution in [-0.2, 0) is 17.8 Å². The van der Waals surface area contributed by atoms with Gasteiger partial charge in [0.2, 0.25) is 5.91 Å². The molecule has 1 saturated heterocycles. The van der Waals surface area contributed by atoms with E-state index in [-0.39, 0.29) is 24.5 Å². The van der Waals surface area contributed by atoms with E-state index < -0.39 is 0 Å². The Hall–Kier alpha value is -3.11. The van der Waals surface area contributed by atoms with Crippen molar-refractivity contribution in [2.45, 2.75) is 71.9 Å². The number of pyridine rings is 1. The van der Waals surface area contributed by atoms with Gasteiger partial charge in [-0.05, 0) is 48.8 Å². The summed E-state index contributed by atoms with van der Waals surface area (Å²) in [5.74, 6) is 2.57. The van der Waals surface area contributed by atoms with Crippen LogP contribution in [0.3, 0.4) is 0 Å². The van der Waals surface area contributed by atoms with E-state index in [0.29, 0.717) is 50.1 Å². The first-order valence-electron chi connectivity index (χ1n) is 13.6. The highest BCUT2D eigenvalue weighted by Crippen LogP contribution is 2.44.